The van der Waals surface area contributed by atoms with Crippen LogP contribution in [0.4, 0.5) is 23.4 Å². The number of H-pyrrole nitrogens is 2. The zero-order valence-electron chi connectivity index (χ0n) is 21.7. The van der Waals surface area contributed by atoms with Gasteiger partial charge in [0.2, 0.25) is 0 Å². The van der Waals surface area contributed by atoms with Gasteiger partial charge in [-0.2, -0.15) is 22.7 Å². The molecule has 0 radical (unpaired) electrons. The zero-order valence-corrected chi connectivity index (χ0v) is 21.7. The first-order valence-corrected chi connectivity index (χ1v) is 12.7. The van der Waals surface area contributed by atoms with E-state index in [1.807, 2.05) is 13.0 Å². The molecule has 0 bridgehead atoms. The molecule has 4 aromatic heterocycles. The minimum Gasteiger partial charge on any atom is -0.435 e. The second-order valence-corrected chi connectivity index (χ2v) is 10.1. The fourth-order valence-corrected chi connectivity index (χ4v) is 5.20. The summed E-state index contributed by atoms with van der Waals surface area (Å²) in [7, 11) is 0. The Morgan fingerprint density at radius 1 is 1.00 bits per heavy atom. The molecule has 2 N–H and O–H groups in total. The van der Waals surface area contributed by atoms with Crippen molar-refractivity contribution in [2.75, 3.05) is 18.0 Å². The van der Waals surface area contributed by atoms with Crippen LogP contribution < -0.4 is 9.64 Å². The zero-order chi connectivity index (χ0) is 28.0. The molecular weight excluding hydrogens is 528 g/mol. The van der Waals surface area contributed by atoms with E-state index >= 15 is 0 Å². The highest BCUT2D eigenvalue weighted by Crippen LogP contribution is 2.38. The number of aromatic amines is 2. The topological polar surface area (TPSA) is 101 Å². The van der Waals surface area contributed by atoms with Gasteiger partial charge in [0.15, 0.2) is 0 Å². The van der Waals surface area contributed by atoms with Crippen molar-refractivity contribution in [1.82, 2.24) is 34.7 Å². The molecule has 1 aliphatic heterocycles. The maximum atomic E-state index is 13.0. The van der Waals surface area contributed by atoms with E-state index in [1.165, 1.54) is 30.9 Å². The van der Waals surface area contributed by atoms with E-state index in [4.69, 9.17) is 4.98 Å². The van der Waals surface area contributed by atoms with Gasteiger partial charge in [-0.25, -0.2) is 19.6 Å². The van der Waals surface area contributed by atoms with Crippen LogP contribution in [0.3, 0.4) is 0 Å². The first-order valence-electron chi connectivity index (χ1n) is 12.7. The largest absolute Gasteiger partial charge is 0.435 e. The molecule has 0 saturated carbocycles. The Morgan fingerprint density at radius 3 is 2.42 bits per heavy atom. The molecule has 5 heterocycles. The van der Waals surface area contributed by atoms with Gasteiger partial charge in [0.25, 0.3) is 0 Å². The number of fused-ring (bicyclic) bond motifs is 1. The maximum Gasteiger partial charge on any atom is 0.387 e. The molecule has 1 fully saturated rings. The summed E-state index contributed by atoms with van der Waals surface area (Å²) >= 11 is 0. The standard InChI is InChI=1S/C27H26F4N8O/c1-15-21(16-3-5-18(6-4-16)40-26(30)31)37-24(35-15)27(2)7-9-38(10-8-27)23-19-11-20(36-22(19)32-14-33-23)17-12-34-39(13-17)25(28)29/h3-6,11-14,25-26H,7-10H2,1-2H3,(H,35,37)(H,32,33,36). The lowest BCUT2D eigenvalue weighted by Crippen LogP contribution is -2.42. The monoisotopic (exact) mass is 554 g/mol. The minimum absolute atomic E-state index is 0.104. The van der Waals surface area contributed by atoms with Crippen LogP contribution in [-0.2, 0) is 5.41 Å². The van der Waals surface area contributed by atoms with Gasteiger partial charge in [0.1, 0.15) is 29.4 Å². The Bertz CT molecular complexity index is 1630. The number of ether oxygens (including phenoxy) is 1. The molecule has 6 rings (SSSR count). The van der Waals surface area contributed by atoms with Crippen molar-refractivity contribution in [3.63, 3.8) is 0 Å². The van der Waals surface area contributed by atoms with Crippen molar-refractivity contribution in [1.29, 1.82) is 0 Å². The SMILES string of the molecule is Cc1nc(C2(C)CCN(c3ncnc4[nH]c(-c5cnn(C(F)F)c5)cc34)CC2)[nH]c1-c1ccc(OC(F)F)cc1. The van der Waals surface area contributed by atoms with E-state index in [0.717, 1.165) is 59.9 Å². The number of alkyl halides is 4. The van der Waals surface area contributed by atoms with Crippen molar-refractivity contribution < 1.29 is 22.3 Å². The van der Waals surface area contributed by atoms with Crippen LogP contribution in [-0.4, -0.2) is 54.4 Å². The Balaban J connectivity index is 1.20. The highest BCUT2D eigenvalue weighted by Gasteiger charge is 2.36. The summed E-state index contributed by atoms with van der Waals surface area (Å²) in [6.45, 7) is -0.0334. The van der Waals surface area contributed by atoms with E-state index < -0.39 is 13.2 Å². The lowest BCUT2D eigenvalue weighted by Gasteiger charge is -2.38. The van der Waals surface area contributed by atoms with Gasteiger partial charge in [0.05, 0.1) is 28.7 Å². The van der Waals surface area contributed by atoms with Crippen molar-refractivity contribution in [3.8, 4) is 28.3 Å². The average molecular weight is 555 g/mol. The number of aromatic nitrogens is 7. The van der Waals surface area contributed by atoms with Crippen LogP contribution in [0.15, 0.2) is 49.1 Å². The van der Waals surface area contributed by atoms with Crippen LogP contribution >= 0.6 is 0 Å². The number of rotatable bonds is 7. The van der Waals surface area contributed by atoms with E-state index in [0.29, 0.717) is 21.6 Å². The molecule has 0 aliphatic carbocycles. The number of hydrogen-bond donors (Lipinski definition) is 2. The Hall–Kier alpha value is -4.42. The Morgan fingerprint density at radius 2 is 1.75 bits per heavy atom. The van der Waals surface area contributed by atoms with Gasteiger partial charge in [-0.1, -0.05) is 6.92 Å². The molecule has 13 heteroatoms. The third kappa shape index (κ3) is 4.75. The highest BCUT2D eigenvalue weighted by molar-refractivity contribution is 5.91. The van der Waals surface area contributed by atoms with E-state index in [1.54, 1.807) is 12.1 Å². The number of anilines is 1. The molecule has 1 aromatic carbocycles. The molecule has 1 aliphatic rings. The first-order chi connectivity index (χ1) is 19.2. The summed E-state index contributed by atoms with van der Waals surface area (Å²) in [5.41, 5.74) is 4.09. The van der Waals surface area contributed by atoms with Gasteiger partial charge < -0.3 is 19.6 Å². The summed E-state index contributed by atoms with van der Waals surface area (Å²) in [6.07, 6.45) is 5.80. The van der Waals surface area contributed by atoms with Crippen molar-refractivity contribution in [2.24, 2.45) is 0 Å². The predicted octanol–water partition coefficient (Wildman–Crippen LogP) is 6.07. The van der Waals surface area contributed by atoms with E-state index in [2.05, 4.69) is 41.6 Å². The number of benzene rings is 1. The van der Waals surface area contributed by atoms with Gasteiger partial charge in [-0.3, -0.25) is 0 Å². The number of hydrogen-bond acceptors (Lipinski definition) is 6. The summed E-state index contributed by atoms with van der Waals surface area (Å²) in [5, 5.41) is 4.53. The quantitative estimate of drug-likeness (QED) is 0.237. The number of halogens is 4. The van der Waals surface area contributed by atoms with Crippen LogP contribution in [0.1, 0.15) is 37.8 Å². The average Bonchev–Trinajstić information content (AvgIpc) is 3.67. The first kappa shape index (κ1) is 25.8. The van der Waals surface area contributed by atoms with Gasteiger partial charge >= 0.3 is 13.2 Å². The maximum absolute atomic E-state index is 13.0. The third-order valence-electron chi connectivity index (χ3n) is 7.51. The molecule has 1 saturated heterocycles. The fraction of sp³-hybridized carbons (Fsp3) is 0.333. The van der Waals surface area contributed by atoms with Gasteiger partial charge in [-0.05, 0) is 50.1 Å². The molecule has 0 unspecified atom stereocenters. The van der Waals surface area contributed by atoms with Crippen molar-refractivity contribution in [3.05, 3.63) is 60.6 Å². The number of piperidine rings is 1. The smallest absolute Gasteiger partial charge is 0.387 e. The third-order valence-corrected chi connectivity index (χ3v) is 7.51. The van der Waals surface area contributed by atoms with Crippen LogP contribution in [0.2, 0.25) is 0 Å². The molecule has 40 heavy (non-hydrogen) atoms. The molecule has 0 amide bonds. The van der Waals surface area contributed by atoms with Gasteiger partial charge in [-0.15, -0.1) is 0 Å². The summed E-state index contributed by atoms with van der Waals surface area (Å²) in [6, 6.07) is 8.36. The fourth-order valence-electron chi connectivity index (χ4n) is 5.20. The lowest BCUT2D eigenvalue weighted by molar-refractivity contribution is -0.0498. The minimum atomic E-state index is -2.87. The normalized spacial score (nSPS) is 15.4. The Labute approximate surface area is 226 Å². The van der Waals surface area contributed by atoms with Crippen molar-refractivity contribution in [2.45, 2.75) is 45.3 Å². The second kappa shape index (κ2) is 9.96. The Kier molecular flexibility index (Phi) is 6.43. The number of imidazole rings is 1. The summed E-state index contributed by atoms with van der Waals surface area (Å²) < 4.78 is 56.0. The summed E-state index contributed by atoms with van der Waals surface area (Å²) in [5.74, 6) is 1.76. The number of nitrogens with one attached hydrogen (secondary N) is 2. The van der Waals surface area contributed by atoms with Gasteiger partial charge in [0, 0.05) is 35.8 Å². The van der Waals surface area contributed by atoms with Crippen molar-refractivity contribution >= 4 is 16.9 Å². The molecule has 208 valence electrons. The summed E-state index contributed by atoms with van der Waals surface area (Å²) in [4.78, 5) is 22.6. The van der Waals surface area contributed by atoms with Crippen LogP contribution in [0, 0.1) is 6.92 Å². The molecule has 5 aromatic rings. The number of nitrogens with zero attached hydrogens (tertiary/aromatic N) is 6. The molecule has 0 spiro atoms. The van der Waals surface area contributed by atoms with E-state index in [-0.39, 0.29) is 11.2 Å². The second-order valence-electron chi connectivity index (χ2n) is 10.1. The van der Waals surface area contributed by atoms with E-state index in [9.17, 15) is 17.6 Å². The van der Waals surface area contributed by atoms with Crippen LogP contribution in [0.25, 0.3) is 33.5 Å². The lowest BCUT2D eigenvalue weighted by atomic mass is 9.79. The number of aryl methyl sites for hydroxylation is 1. The highest BCUT2D eigenvalue weighted by atomic mass is 19.3. The molecule has 9 nitrogen and oxygen atoms in total. The predicted molar refractivity (Wildman–Crippen MR) is 141 cm³/mol. The van der Waals surface area contributed by atoms with Crippen LogP contribution in [0.5, 0.6) is 5.75 Å². The molecule has 0 atom stereocenters. The molecular formula is C27H26F4N8O.